The number of likely N-dealkylation sites (N-methyl/N-ethyl adjacent to an activating group) is 1. The molecule has 2 aromatic carbocycles. The number of nitrogens with zero attached hydrogens (tertiary/aromatic N) is 1. The summed E-state index contributed by atoms with van der Waals surface area (Å²) in [4.78, 5) is 28.5. The molecule has 0 aliphatic heterocycles. The fraction of sp³-hybridized carbons (Fsp3) is 0.150. The molecule has 0 fully saturated rings. The van der Waals surface area contributed by atoms with E-state index in [0.717, 1.165) is 11.1 Å². The van der Waals surface area contributed by atoms with Gasteiger partial charge in [0.1, 0.15) is 0 Å². The van der Waals surface area contributed by atoms with E-state index < -0.39 is 5.97 Å². The fourth-order valence-electron chi connectivity index (χ4n) is 2.50. The van der Waals surface area contributed by atoms with Crippen LogP contribution in [0.3, 0.4) is 0 Å². The molecule has 0 radical (unpaired) electrons. The van der Waals surface area contributed by atoms with Gasteiger partial charge in [0.2, 0.25) is 0 Å². The van der Waals surface area contributed by atoms with Gasteiger partial charge in [-0.15, -0.1) is 0 Å². The van der Waals surface area contributed by atoms with Crippen LogP contribution in [0.25, 0.3) is 22.2 Å². The Balaban J connectivity index is 2.05. The van der Waals surface area contributed by atoms with E-state index in [4.69, 9.17) is 4.74 Å². The van der Waals surface area contributed by atoms with Crippen molar-refractivity contribution in [3.63, 3.8) is 0 Å². The van der Waals surface area contributed by atoms with Crippen molar-refractivity contribution in [2.24, 2.45) is 0 Å². The van der Waals surface area contributed by atoms with Gasteiger partial charge < -0.3 is 10.1 Å². The standard InChI is InChI=1S/C20H18N2O3/c1-13-7-9-14(10-8-13)18-11-16(20(24)25-12-19(23)21-2)15-5-3-4-6-17(15)22-18/h3-11H,12H2,1-2H3,(H,21,23). The highest BCUT2D eigenvalue weighted by Gasteiger charge is 2.16. The number of carbonyl (C=O) groups excluding carboxylic acids is 2. The molecule has 1 aromatic heterocycles. The minimum Gasteiger partial charge on any atom is -0.452 e. The zero-order valence-electron chi connectivity index (χ0n) is 14.1. The summed E-state index contributed by atoms with van der Waals surface area (Å²) in [5.74, 6) is -0.902. The first-order valence-corrected chi connectivity index (χ1v) is 7.93. The van der Waals surface area contributed by atoms with Gasteiger partial charge >= 0.3 is 5.97 Å². The molecule has 0 saturated carbocycles. The summed E-state index contributed by atoms with van der Waals surface area (Å²) >= 11 is 0. The lowest BCUT2D eigenvalue weighted by Gasteiger charge is -2.10. The van der Waals surface area contributed by atoms with Crippen molar-refractivity contribution < 1.29 is 14.3 Å². The lowest BCUT2D eigenvalue weighted by molar-refractivity contribution is -0.123. The number of ether oxygens (including phenoxy) is 1. The van der Waals surface area contributed by atoms with Crippen molar-refractivity contribution in [2.75, 3.05) is 13.7 Å². The van der Waals surface area contributed by atoms with E-state index in [2.05, 4.69) is 10.3 Å². The van der Waals surface area contributed by atoms with E-state index in [1.54, 1.807) is 6.07 Å². The van der Waals surface area contributed by atoms with Crippen LogP contribution in [0.1, 0.15) is 15.9 Å². The molecule has 0 spiro atoms. The highest BCUT2D eigenvalue weighted by Crippen LogP contribution is 2.25. The average Bonchev–Trinajstić information content (AvgIpc) is 2.65. The van der Waals surface area contributed by atoms with Gasteiger partial charge in [-0.05, 0) is 19.1 Å². The second-order valence-electron chi connectivity index (χ2n) is 5.69. The summed E-state index contributed by atoms with van der Waals surface area (Å²) in [6.07, 6.45) is 0. The van der Waals surface area contributed by atoms with E-state index in [-0.39, 0.29) is 12.5 Å². The summed E-state index contributed by atoms with van der Waals surface area (Å²) in [5, 5.41) is 3.12. The molecule has 25 heavy (non-hydrogen) atoms. The Labute approximate surface area is 145 Å². The number of nitrogens with one attached hydrogen (secondary N) is 1. The number of esters is 1. The summed E-state index contributed by atoms with van der Waals surface area (Å²) in [6.45, 7) is 1.70. The third-order valence-electron chi connectivity index (χ3n) is 3.90. The first kappa shape index (κ1) is 16.6. The molecule has 0 unspecified atom stereocenters. The number of amides is 1. The largest absolute Gasteiger partial charge is 0.452 e. The summed E-state index contributed by atoms with van der Waals surface area (Å²) in [5.41, 5.74) is 3.84. The Morgan fingerprint density at radius 3 is 2.52 bits per heavy atom. The number of benzene rings is 2. The van der Waals surface area contributed by atoms with E-state index in [1.807, 2.05) is 55.5 Å². The van der Waals surface area contributed by atoms with Gasteiger partial charge in [-0.2, -0.15) is 0 Å². The number of aromatic nitrogens is 1. The van der Waals surface area contributed by atoms with Gasteiger partial charge in [0.05, 0.1) is 16.8 Å². The highest BCUT2D eigenvalue weighted by molar-refractivity contribution is 6.05. The molecular weight excluding hydrogens is 316 g/mol. The predicted molar refractivity (Wildman–Crippen MR) is 96.3 cm³/mol. The zero-order chi connectivity index (χ0) is 17.8. The van der Waals surface area contributed by atoms with Gasteiger partial charge in [0.25, 0.3) is 5.91 Å². The topological polar surface area (TPSA) is 68.3 Å². The Morgan fingerprint density at radius 2 is 1.80 bits per heavy atom. The Kier molecular flexibility index (Phi) is 4.75. The molecule has 0 aliphatic carbocycles. The SMILES string of the molecule is CNC(=O)COC(=O)c1cc(-c2ccc(C)cc2)nc2ccccc12. The van der Waals surface area contributed by atoms with E-state index in [0.29, 0.717) is 22.2 Å². The molecule has 3 rings (SSSR count). The van der Waals surface area contributed by atoms with Gasteiger partial charge in [0.15, 0.2) is 6.61 Å². The minimum atomic E-state index is -0.546. The van der Waals surface area contributed by atoms with Crippen molar-refractivity contribution in [3.8, 4) is 11.3 Å². The molecule has 1 N–H and O–H groups in total. The lowest BCUT2D eigenvalue weighted by atomic mass is 10.0. The van der Waals surface area contributed by atoms with Crippen molar-refractivity contribution in [2.45, 2.75) is 6.92 Å². The highest BCUT2D eigenvalue weighted by atomic mass is 16.5. The van der Waals surface area contributed by atoms with Crippen LogP contribution in [0.2, 0.25) is 0 Å². The van der Waals surface area contributed by atoms with Crippen LogP contribution in [0, 0.1) is 6.92 Å². The molecule has 1 amide bonds. The molecule has 3 aromatic rings. The molecule has 5 nitrogen and oxygen atoms in total. The number of pyridine rings is 1. The number of aryl methyl sites for hydroxylation is 1. The minimum absolute atomic E-state index is 0.314. The number of para-hydroxylation sites is 1. The maximum atomic E-state index is 12.5. The molecular formula is C20H18N2O3. The number of hydrogen-bond acceptors (Lipinski definition) is 4. The van der Waals surface area contributed by atoms with Gasteiger partial charge in [-0.25, -0.2) is 9.78 Å². The molecule has 0 bridgehead atoms. The number of fused-ring (bicyclic) bond motifs is 1. The van der Waals surface area contributed by atoms with Crippen LogP contribution in [-0.2, 0) is 9.53 Å². The summed E-state index contributed by atoms with van der Waals surface area (Å²) in [7, 11) is 1.49. The third-order valence-corrected chi connectivity index (χ3v) is 3.90. The van der Waals surface area contributed by atoms with E-state index in [1.165, 1.54) is 7.05 Å². The van der Waals surface area contributed by atoms with E-state index in [9.17, 15) is 9.59 Å². The zero-order valence-corrected chi connectivity index (χ0v) is 14.1. The van der Waals surface area contributed by atoms with Crippen molar-refractivity contribution in [3.05, 3.63) is 65.7 Å². The van der Waals surface area contributed by atoms with Crippen LogP contribution in [0.15, 0.2) is 54.6 Å². The second kappa shape index (κ2) is 7.13. The van der Waals surface area contributed by atoms with Crippen molar-refractivity contribution >= 4 is 22.8 Å². The van der Waals surface area contributed by atoms with Crippen LogP contribution >= 0.6 is 0 Å². The average molecular weight is 334 g/mol. The summed E-state index contributed by atoms with van der Waals surface area (Å²) < 4.78 is 5.12. The van der Waals surface area contributed by atoms with Gasteiger partial charge in [0, 0.05) is 18.0 Å². The van der Waals surface area contributed by atoms with Crippen LogP contribution < -0.4 is 5.32 Å². The Bertz CT molecular complexity index is 933. The number of carbonyl (C=O) groups is 2. The maximum absolute atomic E-state index is 12.5. The molecule has 1 heterocycles. The normalized spacial score (nSPS) is 10.5. The third kappa shape index (κ3) is 3.66. The lowest BCUT2D eigenvalue weighted by Crippen LogP contribution is -2.25. The first-order valence-electron chi connectivity index (χ1n) is 7.93. The smallest absolute Gasteiger partial charge is 0.339 e. The maximum Gasteiger partial charge on any atom is 0.339 e. The molecule has 126 valence electrons. The fourth-order valence-corrected chi connectivity index (χ4v) is 2.50. The van der Waals surface area contributed by atoms with Crippen molar-refractivity contribution in [1.82, 2.24) is 10.3 Å². The monoisotopic (exact) mass is 334 g/mol. The summed E-state index contributed by atoms with van der Waals surface area (Å²) in [6, 6.07) is 17.0. The molecule has 5 heteroatoms. The predicted octanol–water partition coefficient (Wildman–Crippen LogP) is 3.11. The number of hydrogen-bond donors (Lipinski definition) is 1. The Morgan fingerprint density at radius 1 is 1.08 bits per heavy atom. The van der Waals surface area contributed by atoms with Crippen molar-refractivity contribution in [1.29, 1.82) is 0 Å². The number of rotatable bonds is 4. The van der Waals surface area contributed by atoms with Gasteiger partial charge in [-0.1, -0.05) is 48.0 Å². The quantitative estimate of drug-likeness (QED) is 0.745. The van der Waals surface area contributed by atoms with Crippen LogP contribution in [0.5, 0.6) is 0 Å². The Hall–Kier alpha value is -3.21. The van der Waals surface area contributed by atoms with Gasteiger partial charge in [-0.3, -0.25) is 4.79 Å². The van der Waals surface area contributed by atoms with E-state index >= 15 is 0 Å². The second-order valence-corrected chi connectivity index (χ2v) is 5.69. The molecule has 0 aliphatic rings. The van der Waals surface area contributed by atoms with Crippen LogP contribution in [-0.4, -0.2) is 30.5 Å². The first-order chi connectivity index (χ1) is 12.1. The van der Waals surface area contributed by atoms with Crippen LogP contribution in [0.4, 0.5) is 0 Å². The molecule has 0 saturated heterocycles. The molecule has 0 atom stereocenters.